The van der Waals surface area contributed by atoms with E-state index in [0.717, 1.165) is 18.6 Å². The third kappa shape index (κ3) is 3.14. The Morgan fingerprint density at radius 3 is 2.59 bits per heavy atom. The smallest absolute Gasteiger partial charge is 0.0551 e. The van der Waals surface area contributed by atoms with E-state index in [0.29, 0.717) is 28.5 Å². The van der Waals surface area contributed by atoms with E-state index in [2.05, 4.69) is 6.92 Å². The lowest BCUT2D eigenvalue weighted by Gasteiger charge is -2.19. The largest absolute Gasteiger partial charge is 0.378 e. The van der Waals surface area contributed by atoms with E-state index in [1.54, 1.807) is 0 Å². The molecule has 0 saturated carbocycles. The van der Waals surface area contributed by atoms with Crippen LogP contribution in [0.1, 0.15) is 18.9 Å². The third-order valence-electron chi connectivity index (χ3n) is 3.34. The highest BCUT2D eigenvalue weighted by Crippen LogP contribution is 2.29. The molecule has 0 radical (unpaired) electrons. The van der Waals surface area contributed by atoms with Crippen LogP contribution in [0.4, 0.5) is 0 Å². The zero-order valence-electron chi connectivity index (χ0n) is 9.83. The second kappa shape index (κ2) is 5.57. The van der Waals surface area contributed by atoms with Gasteiger partial charge in [0.1, 0.15) is 0 Å². The third-order valence-corrected chi connectivity index (χ3v) is 4.04. The van der Waals surface area contributed by atoms with Crippen LogP contribution in [-0.4, -0.2) is 18.8 Å². The lowest BCUT2D eigenvalue weighted by molar-refractivity contribution is 0.118. The summed E-state index contributed by atoms with van der Waals surface area (Å²) < 4.78 is 5.54. The molecule has 3 unspecified atom stereocenters. The number of benzene rings is 1. The van der Waals surface area contributed by atoms with E-state index in [1.807, 2.05) is 18.2 Å². The van der Waals surface area contributed by atoms with Crippen LogP contribution in [-0.2, 0) is 11.2 Å². The number of halogens is 2. The first kappa shape index (κ1) is 13.2. The molecule has 2 nitrogen and oxygen atoms in total. The van der Waals surface area contributed by atoms with E-state index in [9.17, 15) is 0 Å². The quantitative estimate of drug-likeness (QED) is 0.918. The van der Waals surface area contributed by atoms with Gasteiger partial charge >= 0.3 is 0 Å². The molecule has 17 heavy (non-hydrogen) atoms. The highest BCUT2D eigenvalue weighted by Gasteiger charge is 2.28. The van der Waals surface area contributed by atoms with Crippen LogP contribution in [0.15, 0.2) is 18.2 Å². The van der Waals surface area contributed by atoms with Gasteiger partial charge in [-0.2, -0.15) is 0 Å². The van der Waals surface area contributed by atoms with E-state index in [1.165, 1.54) is 0 Å². The van der Waals surface area contributed by atoms with Crippen molar-refractivity contribution in [3.05, 3.63) is 33.8 Å². The molecule has 0 aromatic heterocycles. The van der Waals surface area contributed by atoms with E-state index < -0.39 is 0 Å². The summed E-state index contributed by atoms with van der Waals surface area (Å²) in [5.74, 6) is 0.400. The van der Waals surface area contributed by atoms with Crippen LogP contribution in [0, 0.1) is 5.92 Å². The molecule has 1 aliphatic rings. The van der Waals surface area contributed by atoms with Crippen molar-refractivity contribution >= 4 is 23.2 Å². The van der Waals surface area contributed by atoms with Crippen molar-refractivity contribution in [1.29, 1.82) is 0 Å². The normalized spacial score (nSPS) is 26.1. The Labute approximate surface area is 112 Å². The Morgan fingerprint density at radius 2 is 2.06 bits per heavy atom. The number of rotatable bonds is 3. The minimum absolute atomic E-state index is 0.0531. The van der Waals surface area contributed by atoms with Gasteiger partial charge in [-0.15, -0.1) is 0 Å². The predicted octanol–water partition coefficient (Wildman–Crippen LogP) is 3.29. The van der Waals surface area contributed by atoms with Gasteiger partial charge in [-0.1, -0.05) is 29.3 Å². The molecule has 3 atom stereocenters. The summed E-state index contributed by atoms with van der Waals surface area (Å²) >= 11 is 12.3. The van der Waals surface area contributed by atoms with Gasteiger partial charge < -0.3 is 10.5 Å². The number of nitrogens with two attached hydrogens (primary N) is 1. The van der Waals surface area contributed by atoms with Crippen LogP contribution in [0.5, 0.6) is 0 Å². The first-order chi connectivity index (χ1) is 8.08. The zero-order valence-corrected chi connectivity index (χ0v) is 11.3. The summed E-state index contributed by atoms with van der Waals surface area (Å²) in [7, 11) is 0. The first-order valence-electron chi connectivity index (χ1n) is 5.88. The van der Waals surface area contributed by atoms with Crippen molar-refractivity contribution in [2.45, 2.75) is 31.9 Å². The molecule has 1 aliphatic heterocycles. The van der Waals surface area contributed by atoms with Gasteiger partial charge in [0, 0.05) is 22.0 Å². The van der Waals surface area contributed by atoms with Crippen LogP contribution in [0.3, 0.4) is 0 Å². The van der Waals surface area contributed by atoms with Crippen LogP contribution in [0.25, 0.3) is 0 Å². The molecular weight excluding hydrogens is 257 g/mol. The SMILES string of the molecule is CC1CC(C(N)Cc2c(Cl)cccc2Cl)CO1. The molecule has 2 rings (SSSR count). The Bertz CT molecular complexity index is 377. The van der Waals surface area contributed by atoms with E-state index in [-0.39, 0.29) is 6.04 Å². The fourth-order valence-electron chi connectivity index (χ4n) is 2.28. The molecule has 4 heteroatoms. The van der Waals surface area contributed by atoms with E-state index >= 15 is 0 Å². The molecule has 0 bridgehead atoms. The molecule has 0 aliphatic carbocycles. The molecule has 1 aromatic rings. The van der Waals surface area contributed by atoms with Gasteiger partial charge in [-0.3, -0.25) is 0 Å². The summed E-state index contributed by atoms with van der Waals surface area (Å²) in [6.07, 6.45) is 2.04. The summed E-state index contributed by atoms with van der Waals surface area (Å²) in [4.78, 5) is 0. The lowest BCUT2D eigenvalue weighted by atomic mass is 9.92. The summed E-state index contributed by atoms with van der Waals surface area (Å²) in [5, 5.41) is 1.39. The van der Waals surface area contributed by atoms with Crippen molar-refractivity contribution in [2.24, 2.45) is 11.7 Å². The van der Waals surface area contributed by atoms with Gasteiger partial charge in [0.25, 0.3) is 0 Å². The standard InChI is InChI=1S/C13H17Cl2NO/c1-8-5-9(7-17-8)13(16)6-10-11(14)3-2-4-12(10)15/h2-4,8-9,13H,5-7,16H2,1H3. The lowest BCUT2D eigenvalue weighted by Crippen LogP contribution is -2.32. The summed E-state index contributed by atoms with van der Waals surface area (Å²) in [6.45, 7) is 2.82. The summed E-state index contributed by atoms with van der Waals surface area (Å²) in [5.41, 5.74) is 7.16. The fraction of sp³-hybridized carbons (Fsp3) is 0.538. The van der Waals surface area contributed by atoms with Crippen molar-refractivity contribution in [2.75, 3.05) is 6.61 Å². The number of hydrogen-bond donors (Lipinski definition) is 1. The predicted molar refractivity (Wildman–Crippen MR) is 71.7 cm³/mol. The molecule has 2 N–H and O–H groups in total. The Balaban J connectivity index is 2.05. The van der Waals surface area contributed by atoms with Crippen molar-refractivity contribution in [3.8, 4) is 0 Å². The maximum atomic E-state index is 6.21. The molecular formula is C13H17Cl2NO. The Kier molecular flexibility index (Phi) is 4.31. The molecule has 1 fully saturated rings. The Morgan fingerprint density at radius 1 is 1.41 bits per heavy atom. The second-order valence-corrected chi connectivity index (χ2v) is 5.52. The molecule has 0 spiro atoms. The van der Waals surface area contributed by atoms with Crippen LogP contribution >= 0.6 is 23.2 Å². The van der Waals surface area contributed by atoms with Crippen LogP contribution in [0.2, 0.25) is 10.0 Å². The minimum atomic E-state index is 0.0531. The van der Waals surface area contributed by atoms with E-state index in [4.69, 9.17) is 33.7 Å². The first-order valence-corrected chi connectivity index (χ1v) is 6.63. The second-order valence-electron chi connectivity index (χ2n) is 4.71. The molecule has 1 saturated heterocycles. The average molecular weight is 274 g/mol. The summed E-state index contributed by atoms with van der Waals surface area (Å²) in [6, 6.07) is 5.60. The average Bonchev–Trinajstić information content (AvgIpc) is 2.70. The molecule has 0 amide bonds. The fourth-order valence-corrected chi connectivity index (χ4v) is 2.83. The molecule has 1 heterocycles. The topological polar surface area (TPSA) is 35.2 Å². The maximum absolute atomic E-state index is 6.21. The van der Waals surface area contributed by atoms with Gasteiger partial charge in [0.2, 0.25) is 0 Å². The molecule has 94 valence electrons. The number of ether oxygens (including phenoxy) is 1. The monoisotopic (exact) mass is 273 g/mol. The van der Waals surface area contributed by atoms with Crippen molar-refractivity contribution in [1.82, 2.24) is 0 Å². The van der Waals surface area contributed by atoms with Gasteiger partial charge in [-0.25, -0.2) is 0 Å². The number of hydrogen-bond acceptors (Lipinski definition) is 2. The van der Waals surface area contributed by atoms with Crippen LogP contribution < -0.4 is 5.73 Å². The highest BCUT2D eigenvalue weighted by molar-refractivity contribution is 6.35. The van der Waals surface area contributed by atoms with Crippen molar-refractivity contribution < 1.29 is 4.74 Å². The Hall–Kier alpha value is -0.280. The minimum Gasteiger partial charge on any atom is -0.378 e. The van der Waals surface area contributed by atoms with Gasteiger partial charge in [-0.05, 0) is 37.5 Å². The van der Waals surface area contributed by atoms with Gasteiger partial charge in [0.05, 0.1) is 12.7 Å². The maximum Gasteiger partial charge on any atom is 0.0551 e. The van der Waals surface area contributed by atoms with Crippen molar-refractivity contribution in [3.63, 3.8) is 0 Å². The highest BCUT2D eigenvalue weighted by atomic mass is 35.5. The zero-order chi connectivity index (χ0) is 12.4. The molecule has 1 aromatic carbocycles. The van der Waals surface area contributed by atoms with Gasteiger partial charge in [0.15, 0.2) is 0 Å².